The third-order valence-electron chi connectivity index (χ3n) is 5.00. The van der Waals surface area contributed by atoms with Gasteiger partial charge in [0, 0.05) is 11.3 Å². The molecule has 2 heterocycles. The van der Waals surface area contributed by atoms with Crippen LogP contribution >= 0.6 is 11.8 Å². The van der Waals surface area contributed by atoms with Gasteiger partial charge in [-0.1, -0.05) is 19.9 Å². The van der Waals surface area contributed by atoms with E-state index in [9.17, 15) is 4.79 Å². The van der Waals surface area contributed by atoms with Crippen LogP contribution in [0.1, 0.15) is 31.9 Å². The van der Waals surface area contributed by atoms with Gasteiger partial charge in [-0.3, -0.25) is 4.79 Å². The Kier molecular flexibility index (Phi) is 6.57. The molecule has 1 N–H and O–H groups in total. The van der Waals surface area contributed by atoms with Crippen molar-refractivity contribution in [1.82, 2.24) is 5.32 Å². The quantitative estimate of drug-likeness (QED) is 0.694. The van der Waals surface area contributed by atoms with Gasteiger partial charge in [0.25, 0.3) is 0 Å². The van der Waals surface area contributed by atoms with Crippen molar-refractivity contribution in [3.8, 4) is 23.0 Å². The molecule has 2 aliphatic heterocycles. The summed E-state index contributed by atoms with van der Waals surface area (Å²) in [6, 6.07) is 11.6. The molecule has 0 aliphatic carbocycles. The molecule has 1 amide bonds. The second-order valence-corrected chi connectivity index (χ2v) is 8.69. The molecule has 7 heteroatoms. The Labute approximate surface area is 181 Å². The Morgan fingerprint density at radius 2 is 1.53 bits per heavy atom. The van der Waals surface area contributed by atoms with Gasteiger partial charge in [0.05, 0.1) is 25.0 Å². The van der Waals surface area contributed by atoms with Crippen LogP contribution in [-0.4, -0.2) is 38.1 Å². The molecule has 160 valence electrons. The fraction of sp³-hybridized carbons (Fsp3) is 0.435. The molecule has 0 saturated heterocycles. The molecule has 1 atom stereocenters. The van der Waals surface area contributed by atoms with Gasteiger partial charge in [0.1, 0.15) is 13.2 Å². The summed E-state index contributed by atoms with van der Waals surface area (Å²) in [5.41, 5.74) is 1.02. The van der Waals surface area contributed by atoms with E-state index in [-0.39, 0.29) is 17.9 Å². The molecular formula is C23H27NO5S. The van der Waals surface area contributed by atoms with Crippen molar-refractivity contribution in [3.63, 3.8) is 0 Å². The summed E-state index contributed by atoms with van der Waals surface area (Å²) in [6.07, 6.45) is 0.867. The molecule has 4 rings (SSSR count). The topological polar surface area (TPSA) is 66.0 Å². The number of thioether (sulfide) groups is 1. The molecular weight excluding hydrogens is 402 g/mol. The van der Waals surface area contributed by atoms with E-state index in [4.69, 9.17) is 18.9 Å². The lowest BCUT2D eigenvalue weighted by molar-refractivity contribution is -0.119. The van der Waals surface area contributed by atoms with E-state index in [1.165, 1.54) is 11.8 Å². The first-order chi connectivity index (χ1) is 14.6. The molecule has 2 aromatic carbocycles. The van der Waals surface area contributed by atoms with E-state index in [2.05, 4.69) is 19.2 Å². The lowest BCUT2D eigenvalue weighted by atomic mass is 9.95. The predicted molar refractivity (Wildman–Crippen MR) is 116 cm³/mol. The Bertz CT molecular complexity index is 901. The number of carbonyl (C=O) groups is 1. The van der Waals surface area contributed by atoms with Crippen LogP contribution in [0.5, 0.6) is 23.0 Å². The van der Waals surface area contributed by atoms with Crippen molar-refractivity contribution < 1.29 is 23.7 Å². The van der Waals surface area contributed by atoms with E-state index in [1.807, 2.05) is 36.4 Å². The number of nitrogens with one attached hydrogen (secondary N) is 1. The minimum Gasteiger partial charge on any atom is -0.490 e. The Morgan fingerprint density at radius 1 is 0.900 bits per heavy atom. The fourth-order valence-corrected chi connectivity index (χ4v) is 4.22. The van der Waals surface area contributed by atoms with Crippen molar-refractivity contribution in [2.24, 2.45) is 5.92 Å². The van der Waals surface area contributed by atoms with Gasteiger partial charge in [-0.25, -0.2) is 0 Å². The highest BCUT2D eigenvalue weighted by Crippen LogP contribution is 2.35. The highest BCUT2D eigenvalue weighted by molar-refractivity contribution is 8.00. The number of fused-ring (bicyclic) bond motifs is 2. The second-order valence-electron chi connectivity index (χ2n) is 7.64. The first-order valence-electron chi connectivity index (χ1n) is 10.3. The molecule has 2 aromatic rings. The zero-order valence-corrected chi connectivity index (χ0v) is 18.1. The SMILES string of the molecule is CC(C)C(NC(=O)CSc1ccc2c(c1)OCCO2)c1ccc2c(c1)OCCCO2. The van der Waals surface area contributed by atoms with E-state index in [1.54, 1.807) is 0 Å². The van der Waals surface area contributed by atoms with E-state index < -0.39 is 0 Å². The molecule has 6 nitrogen and oxygen atoms in total. The summed E-state index contributed by atoms with van der Waals surface area (Å²) in [7, 11) is 0. The summed E-state index contributed by atoms with van der Waals surface area (Å²) in [5, 5.41) is 3.18. The molecule has 2 aliphatic rings. The maximum Gasteiger partial charge on any atom is 0.230 e. The molecule has 0 radical (unpaired) electrons. The summed E-state index contributed by atoms with van der Waals surface area (Å²) in [6.45, 7) is 6.62. The van der Waals surface area contributed by atoms with Crippen molar-refractivity contribution in [2.75, 3.05) is 32.2 Å². The molecule has 1 unspecified atom stereocenters. The first-order valence-corrected chi connectivity index (χ1v) is 11.3. The highest BCUT2D eigenvalue weighted by atomic mass is 32.2. The number of hydrogen-bond acceptors (Lipinski definition) is 6. The summed E-state index contributed by atoms with van der Waals surface area (Å²) in [5.74, 6) is 3.55. The van der Waals surface area contributed by atoms with Crippen LogP contribution in [0.25, 0.3) is 0 Å². The Morgan fingerprint density at radius 3 is 2.30 bits per heavy atom. The second kappa shape index (κ2) is 9.51. The smallest absolute Gasteiger partial charge is 0.230 e. The number of benzene rings is 2. The van der Waals surface area contributed by atoms with Crippen molar-refractivity contribution >= 4 is 17.7 Å². The predicted octanol–water partition coefficient (Wildman–Crippen LogP) is 4.22. The van der Waals surface area contributed by atoms with Gasteiger partial charge in [-0.05, 0) is 41.8 Å². The zero-order valence-electron chi connectivity index (χ0n) is 17.3. The van der Waals surface area contributed by atoms with E-state index >= 15 is 0 Å². The van der Waals surface area contributed by atoms with Crippen LogP contribution in [0.2, 0.25) is 0 Å². The Balaban J connectivity index is 1.39. The number of rotatable bonds is 6. The minimum atomic E-state index is -0.101. The van der Waals surface area contributed by atoms with Gasteiger partial charge in [-0.2, -0.15) is 0 Å². The third-order valence-corrected chi connectivity index (χ3v) is 5.99. The monoisotopic (exact) mass is 429 g/mol. The number of amides is 1. The number of ether oxygens (including phenoxy) is 4. The maximum atomic E-state index is 12.7. The third kappa shape index (κ3) is 4.95. The average molecular weight is 430 g/mol. The van der Waals surface area contributed by atoms with Crippen molar-refractivity contribution in [2.45, 2.75) is 31.2 Å². The van der Waals surface area contributed by atoms with Gasteiger partial charge < -0.3 is 24.3 Å². The standard InChI is InChI=1S/C23H27NO5S/c1-15(2)23(16-4-6-18-20(12-16)27-9-3-8-26-18)24-22(25)14-30-17-5-7-19-21(13-17)29-11-10-28-19/h4-7,12-13,15,23H,3,8-11,14H2,1-2H3,(H,24,25). The van der Waals surface area contributed by atoms with E-state index in [0.29, 0.717) is 32.2 Å². The summed E-state index contributed by atoms with van der Waals surface area (Å²) in [4.78, 5) is 13.7. The lowest BCUT2D eigenvalue weighted by Crippen LogP contribution is -2.33. The van der Waals surface area contributed by atoms with Gasteiger partial charge in [0.15, 0.2) is 23.0 Å². The van der Waals surface area contributed by atoms with Crippen LogP contribution < -0.4 is 24.3 Å². The largest absolute Gasteiger partial charge is 0.490 e. The number of carbonyl (C=O) groups excluding carboxylic acids is 1. The molecule has 0 saturated carbocycles. The normalized spacial score (nSPS) is 16.0. The maximum absolute atomic E-state index is 12.7. The van der Waals surface area contributed by atoms with Crippen LogP contribution in [0.3, 0.4) is 0 Å². The number of hydrogen-bond donors (Lipinski definition) is 1. The molecule has 0 aromatic heterocycles. The summed E-state index contributed by atoms with van der Waals surface area (Å²) >= 11 is 1.48. The van der Waals surface area contributed by atoms with Crippen LogP contribution in [-0.2, 0) is 4.79 Å². The van der Waals surface area contributed by atoms with Crippen molar-refractivity contribution in [1.29, 1.82) is 0 Å². The van der Waals surface area contributed by atoms with Gasteiger partial charge in [-0.15, -0.1) is 11.8 Å². The molecule has 0 fully saturated rings. The van der Waals surface area contributed by atoms with Crippen LogP contribution in [0, 0.1) is 5.92 Å². The lowest BCUT2D eigenvalue weighted by Gasteiger charge is -2.24. The molecule has 0 bridgehead atoms. The van der Waals surface area contributed by atoms with Crippen LogP contribution in [0.4, 0.5) is 0 Å². The molecule has 0 spiro atoms. The highest BCUT2D eigenvalue weighted by Gasteiger charge is 2.21. The van der Waals surface area contributed by atoms with Gasteiger partial charge in [0.2, 0.25) is 5.91 Å². The van der Waals surface area contributed by atoms with Gasteiger partial charge >= 0.3 is 0 Å². The molecule has 30 heavy (non-hydrogen) atoms. The van der Waals surface area contributed by atoms with Crippen molar-refractivity contribution in [3.05, 3.63) is 42.0 Å². The van der Waals surface area contributed by atoms with E-state index in [0.717, 1.165) is 39.9 Å². The van der Waals surface area contributed by atoms with Crippen LogP contribution in [0.15, 0.2) is 41.3 Å². The average Bonchev–Trinajstić information content (AvgIpc) is 3.00. The Hall–Kier alpha value is -2.54. The zero-order chi connectivity index (χ0) is 20.9. The fourth-order valence-electron chi connectivity index (χ4n) is 3.49. The summed E-state index contributed by atoms with van der Waals surface area (Å²) < 4.78 is 22.7. The first kappa shape index (κ1) is 20.7. The minimum absolute atomic E-state index is 0.0132.